The van der Waals surface area contributed by atoms with Crippen molar-refractivity contribution in [1.29, 1.82) is 0 Å². The van der Waals surface area contributed by atoms with Gasteiger partial charge in [0.1, 0.15) is 0 Å². The first-order valence-corrected chi connectivity index (χ1v) is 9.36. The van der Waals surface area contributed by atoms with Gasteiger partial charge >= 0.3 is 0 Å². The summed E-state index contributed by atoms with van der Waals surface area (Å²) in [7, 11) is 0. The summed E-state index contributed by atoms with van der Waals surface area (Å²) in [5.41, 5.74) is 3.61. The number of hydrogen-bond acceptors (Lipinski definition) is 5. The number of anilines is 1. The summed E-state index contributed by atoms with van der Waals surface area (Å²) in [5.74, 6) is 0.973. The number of hydrogen-bond donors (Lipinski definition) is 0. The number of benzene rings is 1. The Labute approximate surface area is 158 Å². The maximum atomic E-state index is 12.9. The van der Waals surface area contributed by atoms with E-state index in [0.717, 1.165) is 48.8 Å². The van der Waals surface area contributed by atoms with Gasteiger partial charge < -0.3 is 14.3 Å². The Kier molecular flexibility index (Phi) is 4.70. The van der Waals surface area contributed by atoms with Crippen molar-refractivity contribution in [2.45, 2.75) is 26.8 Å². The molecule has 2 aromatic rings. The van der Waals surface area contributed by atoms with Crippen LogP contribution in [-0.4, -0.2) is 59.5 Å². The van der Waals surface area contributed by atoms with Crippen LogP contribution in [0, 0.1) is 6.92 Å². The van der Waals surface area contributed by atoms with E-state index in [2.05, 4.69) is 10.1 Å². The fourth-order valence-electron chi connectivity index (χ4n) is 3.86. The summed E-state index contributed by atoms with van der Waals surface area (Å²) in [6, 6.07) is 7.64. The fourth-order valence-corrected chi connectivity index (χ4v) is 3.86. The Morgan fingerprint density at radius 3 is 2.56 bits per heavy atom. The molecule has 2 aliphatic heterocycles. The molecule has 1 aromatic heterocycles. The molecule has 0 atom stereocenters. The molecular weight excluding hydrogens is 344 g/mol. The lowest BCUT2D eigenvalue weighted by Crippen LogP contribution is -2.48. The lowest BCUT2D eigenvalue weighted by molar-refractivity contribution is -0.116. The molecule has 0 radical (unpaired) electrons. The molecular formula is C20H24N4O3. The van der Waals surface area contributed by atoms with Gasteiger partial charge in [0.15, 0.2) is 5.76 Å². The number of amides is 2. The molecule has 1 saturated heterocycles. The molecule has 3 heterocycles. The average Bonchev–Trinajstić information content (AvgIpc) is 3.27. The monoisotopic (exact) mass is 368 g/mol. The fraction of sp³-hybridized carbons (Fsp3) is 0.450. The van der Waals surface area contributed by atoms with Crippen LogP contribution in [0.3, 0.4) is 0 Å². The number of aromatic nitrogens is 1. The van der Waals surface area contributed by atoms with Crippen LogP contribution in [0.2, 0.25) is 0 Å². The lowest BCUT2D eigenvalue weighted by atomic mass is 10.1. The molecule has 2 amide bonds. The predicted molar refractivity (Wildman–Crippen MR) is 101 cm³/mol. The van der Waals surface area contributed by atoms with E-state index in [1.807, 2.05) is 36.1 Å². The zero-order valence-corrected chi connectivity index (χ0v) is 15.8. The van der Waals surface area contributed by atoms with Gasteiger partial charge in [0, 0.05) is 57.0 Å². The molecule has 4 rings (SSSR count). The third kappa shape index (κ3) is 3.60. The molecule has 1 aromatic carbocycles. The Balaban J connectivity index is 1.38. The maximum Gasteiger partial charge on any atom is 0.253 e. The van der Waals surface area contributed by atoms with E-state index in [0.29, 0.717) is 25.2 Å². The van der Waals surface area contributed by atoms with Crippen molar-refractivity contribution in [1.82, 2.24) is 15.0 Å². The molecule has 0 unspecified atom stereocenters. The van der Waals surface area contributed by atoms with Crippen LogP contribution in [0.4, 0.5) is 5.69 Å². The first kappa shape index (κ1) is 17.7. The first-order chi connectivity index (χ1) is 13.0. The van der Waals surface area contributed by atoms with Gasteiger partial charge in [0.05, 0.1) is 12.2 Å². The van der Waals surface area contributed by atoms with Crippen LogP contribution in [0.15, 0.2) is 28.8 Å². The molecule has 7 nitrogen and oxygen atoms in total. The summed E-state index contributed by atoms with van der Waals surface area (Å²) in [6.07, 6.45) is 0.806. The van der Waals surface area contributed by atoms with Gasteiger partial charge in [-0.05, 0) is 37.1 Å². The Morgan fingerprint density at radius 1 is 1.11 bits per heavy atom. The normalized spacial score (nSPS) is 17.3. The van der Waals surface area contributed by atoms with E-state index in [4.69, 9.17) is 4.52 Å². The molecule has 0 N–H and O–H groups in total. The number of nitrogens with zero attached hydrogens (tertiary/aromatic N) is 4. The molecule has 1 fully saturated rings. The number of aryl methyl sites for hydroxylation is 1. The van der Waals surface area contributed by atoms with Gasteiger partial charge in [0.25, 0.3) is 5.91 Å². The van der Waals surface area contributed by atoms with E-state index in [1.165, 1.54) is 0 Å². The minimum atomic E-state index is 0.0471. The van der Waals surface area contributed by atoms with Crippen LogP contribution < -0.4 is 4.90 Å². The summed E-state index contributed by atoms with van der Waals surface area (Å²) in [5, 5.41) is 3.92. The van der Waals surface area contributed by atoms with Crippen molar-refractivity contribution in [2.24, 2.45) is 0 Å². The zero-order valence-electron chi connectivity index (χ0n) is 15.8. The van der Waals surface area contributed by atoms with Crippen molar-refractivity contribution < 1.29 is 14.1 Å². The van der Waals surface area contributed by atoms with Crippen molar-refractivity contribution in [3.8, 4) is 0 Å². The van der Waals surface area contributed by atoms with E-state index in [-0.39, 0.29) is 11.8 Å². The lowest BCUT2D eigenvalue weighted by Gasteiger charge is -2.34. The minimum Gasteiger partial charge on any atom is -0.360 e. The second-order valence-electron chi connectivity index (χ2n) is 7.27. The quantitative estimate of drug-likeness (QED) is 0.827. The largest absolute Gasteiger partial charge is 0.360 e. The van der Waals surface area contributed by atoms with Crippen LogP contribution in [-0.2, 0) is 17.8 Å². The number of piperazine rings is 1. The van der Waals surface area contributed by atoms with Gasteiger partial charge in [-0.25, -0.2) is 0 Å². The molecule has 0 aliphatic carbocycles. The maximum absolute atomic E-state index is 12.9. The highest BCUT2D eigenvalue weighted by Crippen LogP contribution is 2.29. The van der Waals surface area contributed by atoms with Crippen molar-refractivity contribution in [3.63, 3.8) is 0 Å². The SMILES string of the molecule is CC(=O)N1CCc2cc(C(=O)N3CCN(Cc4cc(C)no4)CC3)ccc21. The zero-order chi connectivity index (χ0) is 19.0. The van der Waals surface area contributed by atoms with Crippen LogP contribution in [0.1, 0.15) is 34.3 Å². The molecule has 0 saturated carbocycles. The third-order valence-electron chi connectivity index (χ3n) is 5.32. The van der Waals surface area contributed by atoms with E-state index < -0.39 is 0 Å². The second kappa shape index (κ2) is 7.15. The first-order valence-electron chi connectivity index (χ1n) is 9.36. The van der Waals surface area contributed by atoms with E-state index in [9.17, 15) is 9.59 Å². The molecule has 142 valence electrons. The van der Waals surface area contributed by atoms with E-state index >= 15 is 0 Å². The number of rotatable bonds is 3. The van der Waals surface area contributed by atoms with E-state index in [1.54, 1.807) is 11.8 Å². The highest BCUT2D eigenvalue weighted by molar-refractivity contribution is 5.98. The number of carbonyl (C=O) groups excluding carboxylic acids is 2. The summed E-state index contributed by atoms with van der Waals surface area (Å²) in [4.78, 5) is 30.5. The molecule has 7 heteroatoms. The molecule has 0 spiro atoms. The van der Waals surface area contributed by atoms with Crippen molar-refractivity contribution in [2.75, 3.05) is 37.6 Å². The van der Waals surface area contributed by atoms with Crippen LogP contribution in [0.25, 0.3) is 0 Å². The Bertz CT molecular complexity index is 868. The van der Waals surface area contributed by atoms with Crippen LogP contribution in [0.5, 0.6) is 0 Å². The minimum absolute atomic E-state index is 0.0471. The van der Waals surface area contributed by atoms with Gasteiger partial charge in [-0.15, -0.1) is 0 Å². The predicted octanol–water partition coefficient (Wildman–Crippen LogP) is 1.85. The molecule has 27 heavy (non-hydrogen) atoms. The highest BCUT2D eigenvalue weighted by Gasteiger charge is 2.26. The number of carbonyl (C=O) groups is 2. The third-order valence-corrected chi connectivity index (χ3v) is 5.32. The molecule has 0 bridgehead atoms. The number of fused-ring (bicyclic) bond motifs is 1. The topological polar surface area (TPSA) is 69.9 Å². The average molecular weight is 368 g/mol. The summed E-state index contributed by atoms with van der Waals surface area (Å²) in [6.45, 7) is 7.93. The highest BCUT2D eigenvalue weighted by atomic mass is 16.5. The van der Waals surface area contributed by atoms with Gasteiger partial charge in [0.2, 0.25) is 5.91 Å². The second-order valence-corrected chi connectivity index (χ2v) is 7.27. The molecule has 2 aliphatic rings. The Morgan fingerprint density at radius 2 is 1.89 bits per heavy atom. The van der Waals surface area contributed by atoms with Gasteiger partial charge in [-0.2, -0.15) is 0 Å². The van der Waals surface area contributed by atoms with Crippen molar-refractivity contribution in [3.05, 3.63) is 46.8 Å². The van der Waals surface area contributed by atoms with Gasteiger partial charge in [-0.3, -0.25) is 14.5 Å². The summed E-state index contributed by atoms with van der Waals surface area (Å²) < 4.78 is 5.28. The smallest absolute Gasteiger partial charge is 0.253 e. The Hall–Kier alpha value is -2.67. The summed E-state index contributed by atoms with van der Waals surface area (Å²) >= 11 is 0. The van der Waals surface area contributed by atoms with Crippen LogP contribution >= 0.6 is 0 Å². The standard InChI is InChI=1S/C20H24N4O3/c1-14-11-18(27-21-14)13-22-7-9-23(10-8-22)20(26)17-3-4-19-16(12-17)5-6-24(19)15(2)25/h3-4,11-12H,5-10,13H2,1-2H3. The van der Waals surface area contributed by atoms with Crippen molar-refractivity contribution >= 4 is 17.5 Å². The van der Waals surface area contributed by atoms with Gasteiger partial charge in [-0.1, -0.05) is 5.16 Å².